The third kappa shape index (κ3) is 8.48. The Labute approximate surface area is 248 Å². The topological polar surface area (TPSA) is 158 Å². The molecule has 0 saturated carbocycles. The molecule has 12 nitrogen and oxygen atoms in total. The van der Waals surface area contributed by atoms with Gasteiger partial charge in [0.05, 0.1) is 6.04 Å². The molecule has 2 heterocycles. The lowest BCUT2D eigenvalue weighted by Gasteiger charge is -2.35. The zero-order valence-corrected chi connectivity index (χ0v) is 26.5. The van der Waals surface area contributed by atoms with Crippen LogP contribution in [0.25, 0.3) is 0 Å². The fourth-order valence-corrected chi connectivity index (χ4v) is 4.84. The summed E-state index contributed by atoms with van der Waals surface area (Å²) in [6, 6.07) is -1.15. The average Bonchev–Trinajstić information content (AvgIpc) is 3.53. The van der Waals surface area contributed by atoms with Gasteiger partial charge in [-0.15, -0.1) is 0 Å². The van der Waals surface area contributed by atoms with E-state index in [1.54, 1.807) is 60.6 Å². The van der Waals surface area contributed by atoms with Crippen LogP contribution >= 0.6 is 0 Å². The Balaban J connectivity index is 2.38. The number of likely N-dealkylation sites (N-methyl/N-ethyl adjacent to an activating group) is 1. The van der Waals surface area contributed by atoms with Crippen molar-refractivity contribution in [2.75, 3.05) is 7.05 Å². The van der Waals surface area contributed by atoms with Gasteiger partial charge >= 0.3 is 12.1 Å². The molecule has 0 spiro atoms. The van der Waals surface area contributed by atoms with Crippen LogP contribution in [0.15, 0.2) is 16.5 Å². The summed E-state index contributed by atoms with van der Waals surface area (Å²) in [5, 5.41) is 15.2. The van der Waals surface area contributed by atoms with Gasteiger partial charge in [0.1, 0.15) is 41.3 Å². The second-order valence-electron chi connectivity index (χ2n) is 12.5. The molecule has 0 bridgehead atoms. The van der Waals surface area contributed by atoms with Gasteiger partial charge in [0.2, 0.25) is 17.7 Å². The van der Waals surface area contributed by atoms with Crippen molar-refractivity contribution in [3.63, 3.8) is 0 Å². The smallest absolute Gasteiger partial charge is 0.410 e. The van der Waals surface area contributed by atoms with E-state index in [1.807, 2.05) is 6.92 Å². The number of carboxylic acid groups (broad SMARTS) is 1. The van der Waals surface area contributed by atoms with Crippen LogP contribution in [0.1, 0.15) is 92.2 Å². The number of aliphatic carboxylic acids is 1. The Morgan fingerprint density at radius 2 is 1.69 bits per heavy atom. The Morgan fingerprint density at radius 1 is 1.07 bits per heavy atom. The highest BCUT2D eigenvalue weighted by molar-refractivity contribution is 5.95. The first kappa shape index (κ1) is 34.6. The molecule has 0 radical (unpaired) electrons. The predicted octanol–water partition coefficient (Wildman–Crippen LogP) is 3.63. The molecule has 1 fully saturated rings. The van der Waals surface area contributed by atoms with Crippen LogP contribution in [0.3, 0.4) is 0 Å². The van der Waals surface area contributed by atoms with E-state index in [2.05, 4.69) is 10.6 Å². The van der Waals surface area contributed by atoms with Crippen molar-refractivity contribution in [1.82, 2.24) is 20.4 Å². The van der Waals surface area contributed by atoms with Gasteiger partial charge < -0.3 is 29.8 Å². The number of likely N-dealkylation sites (tertiary alicyclic amines) is 1. The van der Waals surface area contributed by atoms with E-state index >= 15 is 0 Å². The van der Waals surface area contributed by atoms with Gasteiger partial charge in [0.15, 0.2) is 0 Å². The monoisotopic (exact) mass is 592 g/mol. The molecular weight excluding hydrogens is 544 g/mol. The quantitative estimate of drug-likeness (QED) is 0.351. The van der Waals surface area contributed by atoms with Gasteiger partial charge in [-0.2, -0.15) is 0 Å². The molecule has 4 amide bonds. The number of carbonyl (C=O) groups is 5. The molecule has 2 rings (SSSR count). The molecular formula is C30H48N4O8. The Morgan fingerprint density at radius 3 is 2.17 bits per heavy atom. The number of hydrogen-bond donors (Lipinski definition) is 3. The summed E-state index contributed by atoms with van der Waals surface area (Å²) in [6.07, 6.45) is 0.548. The Hall–Kier alpha value is -3.57. The number of hydrogen-bond acceptors (Lipinski definition) is 7. The number of nitrogens with one attached hydrogen (secondary N) is 2. The van der Waals surface area contributed by atoms with E-state index in [1.165, 1.54) is 18.9 Å². The first-order valence-electron chi connectivity index (χ1n) is 14.6. The van der Waals surface area contributed by atoms with Crippen LogP contribution in [0, 0.1) is 18.8 Å². The molecule has 4 unspecified atom stereocenters. The number of furan rings is 1. The summed E-state index contributed by atoms with van der Waals surface area (Å²) in [4.78, 5) is 68.1. The van der Waals surface area contributed by atoms with Crippen LogP contribution in [-0.4, -0.2) is 81.5 Å². The number of nitrogens with zero attached hydrogens (tertiary/aromatic N) is 2. The standard InChI is InChI=1S/C30H48N4O8/c1-11-17(4)24(28(38)39)32-26(36)21-14-13-20(22-15-12-18(5)41-22)34(21)27(37)23(16(2)3)31-25(35)19(6)33(10)29(40)42-30(7,8)9/h12,15-17,19-21,23-24H,11,13-14H2,1-10H3,(H,31,35)(H,32,36)(H,38,39)/t17?,19?,20-,21+,23?,24?/m1/s1. The molecule has 12 heteroatoms. The maximum Gasteiger partial charge on any atom is 0.410 e. The highest BCUT2D eigenvalue weighted by Gasteiger charge is 2.47. The van der Waals surface area contributed by atoms with Crippen molar-refractivity contribution < 1.29 is 38.2 Å². The van der Waals surface area contributed by atoms with E-state index in [4.69, 9.17) is 9.15 Å². The first-order chi connectivity index (χ1) is 19.4. The maximum absolute atomic E-state index is 14.2. The summed E-state index contributed by atoms with van der Waals surface area (Å²) in [6.45, 7) is 15.6. The van der Waals surface area contributed by atoms with Gasteiger partial charge in [-0.05, 0) is 71.4 Å². The lowest BCUT2D eigenvalue weighted by molar-refractivity contribution is -0.147. The summed E-state index contributed by atoms with van der Waals surface area (Å²) in [5.41, 5.74) is -0.753. The van der Waals surface area contributed by atoms with Crippen molar-refractivity contribution in [2.45, 2.75) is 117 Å². The maximum atomic E-state index is 14.2. The average molecular weight is 593 g/mol. The third-order valence-electron chi connectivity index (χ3n) is 7.68. The minimum atomic E-state index is -1.15. The molecule has 1 aromatic heterocycles. The van der Waals surface area contributed by atoms with E-state index in [9.17, 15) is 29.1 Å². The summed E-state index contributed by atoms with van der Waals surface area (Å²) in [7, 11) is 1.44. The minimum absolute atomic E-state index is 0.283. The molecule has 1 aromatic rings. The molecule has 236 valence electrons. The fraction of sp³-hybridized carbons (Fsp3) is 0.700. The molecule has 1 saturated heterocycles. The van der Waals surface area contributed by atoms with Crippen molar-refractivity contribution in [2.24, 2.45) is 11.8 Å². The summed E-state index contributed by atoms with van der Waals surface area (Å²) >= 11 is 0. The SMILES string of the molecule is CCC(C)C(NC(=O)[C@@H]1CC[C@H](c2ccc(C)o2)N1C(=O)C(NC(=O)C(C)N(C)C(=O)OC(C)(C)C)C(C)C)C(=O)O. The van der Waals surface area contributed by atoms with Crippen LogP contribution in [-0.2, 0) is 23.9 Å². The largest absolute Gasteiger partial charge is 0.480 e. The number of aryl methyl sites for hydroxylation is 1. The number of amides is 4. The number of rotatable bonds is 11. The second kappa shape index (κ2) is 14.1. The summed E-state index contributed by atoms with van der Waals surface area (Å²) in [5.74, 6) is -2.36. The highest BCUT2D eigenvalue weighted by Crippen LogP contribution is 2.38. The van der Waals surface area contributed by atoms with Crippen molar-refractivity contribution >= 4 is 29.8 Å². The molecule has 0 aliphatic carbocycles. The number of carbonyl (C=O) groups excluding carboxylic acids is 4. The van der Waals surface area contributed by atoms with E-state index in [0.717, 1.165) is 4.90 Å². The Bertz CT molecular complexity index is 1140. The minimum Gasteiger partial charge on any atom is -0.480 e. The molecule has 6 atom stereocenters. The highest BCUT2D eigenvalue weighted by atomic mass is 16.6. The number of carboxylic acids is 1. The predicted molar refractivity (Wildman–Crippen MR) is 155 cm³/mol. The second-order valence-corrected chi connectivity index (χ2v) is 12.5. The zero-order chi connectivity index (χ0) is 32.1. The molecule has 42 heavy (non-hydrogen) atoms. The normalized spacial score (nSPS) is 19.9. The van der Waals surface area contributed by atoms with Crippen LogP contribution in [0.2, 0.25) is 0 Å². The van der Waals surface area contributed by atoms with E-state index in [-0.39, 0.29) is 18.3 Å². The van der Waals surface area contributed by atoms with Crippen LogP contribution in [0.5, 0.6) is 0 Å². The molecule has 1 aliphatic heterocycles. The first-order valence-corrected chi connectivity index (χ1v) is 14.6. The van der Waals surface area contributed by atoms with Gasteiger partial charge in [-0.25, -0.2) is 9.59 Å². The fourth-order valence-electron chi connectivity index (χ4n) is 4.84. The zero-order valence-electron chi connectivity index (χ0n) is 26.5. The van der Waals surface area contributed by atoms with E-state index < -0.39 is 65.6 Å². The van der Waals surface area contributed by atoms with Crippen LogP contribution in [0.4, 0.5) is 4.79 Å². The van der Waals surface area contributed by atoms with Crippen molar-refractivity contribution in [3.05, 3.63) is 23.7 Å². The van der Waals surface area contributed by atoms with Gasteiger partial charge in [0.25, 0.3) is 0 Å². The molecule has 3 N–H and O–H groups in total. The van der Waals surface area contributed by atoms with Gasteiger partial charge in [-0.3, -0.25) is 19.3 Å². The van der Waals surface area contributed by atoms with Crippen molar-refractivity contribution in [3.8, 4) is 0 Å². The molecule has 0 aromatic carbocycles. The summed E-state index contributed by atoms with van der Waals surface area (Å²) < 4.78 is 11.2. The van der Waals surface area contributed by atoms with Gasteiger partial charge in [-0.1, -0.05) is 34.1 Å². The lowest BCUT2D eigenvalue weighted by Crippen LogP contribution is -2.59. The lowest BCUT2D eigenvalue weighted by atomic mass is 9.98. The van der Waals surface area contributed by atoms with E-state index in [0.29, 0.717) is 24.4 Å². The van der Waals surface area contributed by atoms with Gasteiger partial charge in [0, 0.05) is 7.05 Å². The van der Waals surface area contributed by atoms with Crippen molar-refractivity contribution in [1.29, 1.82) is 0 Å². The third-order valence-corrected chi connectivity index (χ3v) is 7.68. The Kier molecular flexibility index (Phi) is 11.6. The van der Waals surface area contributed by atoms with Crippen LogP contribution < -0.4 is 10.6 Å². The molecule has 1 aliphatic rings. The number of ether oxygens (including phenoxy) is 1.